The van der Waals surface area contributed by atoms with Crippen molar-refractivity contribution in [1.29, 1.82) is 0 Å². The van der Waals surface area contributed by atoms with Gasteiger partial charge in [0.2, 0.25) is 0 Å². The SMILES string of the molecule is CCC(C)NC(=O)c1cc(C(=O)Nc2cccc(Cl)c2Cl)ccn1. The van der Waals surface area contributed by atoms with Crippen molar-refractivity contribution in [3.63, 3.8) is 0 Å². The minimum Gasteiger partial charge on any atom is -0.348 e. The molecule has 1 heterocycles. The van der Waals surface area contributed by atoms with E-state index in [1.54, 1.807) is 18.2 Å². The van der Waals surface area contributed by atoms with E-state index in [9.17, 15) is 9.59 Å². The van der Waals surface area contributed by atoms with E-state index in [2.05, 4.69) is 15.6 Å². The van der Waals surface area contributed by atoms with Gasteiger partial charge in [0, 0.05) is 17.8 Å². The highest BCUT2D eigenvalue weighted by atomic mass is 35.5. The van der Waals surface area contributed by atoms with Crippen LogP contribution in [-0.4, -0.2) is 22.8 Å². The number of nitrogens with one attached hydrogen (secondary N) is 2. The predicted molar refractivity (Wildman–Crippen MR) is 95.9 cm³/mol. The largest absolute Gasteiger partial charge is 0.348 e. The predicted octanol–water partition coefficient (Wildman–Crippen LogP) is 4.17. The topological polar surface area (TPSA) is 71.1 Å². The number of benzene rings is 1. The van der Waals surface area contributed by atoms with Crippen LogP contribution in [0.25, 0.3) is 0 Å². The fraction of sp³-hybridized carbons (Fsp3) is 0.235. The molecule has 24 heavy (non-hydrogen) atoms. The molecular weight excluding hydrogens is 349 g/mol. The number of anilines is 1. The quantitative estimate of drug-likeness (QED) is 0.834. The third-order valence-corrected chi connectivity index (χ3v) is 4.26. The Morgan fingerprint density at radius 1 is 1.21 bits per heavy atom. The number of carbonyl (C=O) groups excluding carboxylic acids is 2. The molecule has 0 aliphatic heterocycles. The van der Waals surface area contributed by atoms with Gasteiger partial charge in [-0.1, -0.05) is 36.2 Å². The van der Waals surface area contributed by atoms with Crippen molar-refractivity contribution in [3.05, 3.63) is 57.8 Å². The van der Waals surface area contributed by atoms with Gasteiger partial charge in [-0.2, -0.15) is 0 Å². The van der Waals surface area contributed by atoms with Gasteiger partial charge in [0.25, 0.3) is 11.8 Å². The number of pyridine rings is 1. The van der Waals surface area contributed by atoms with Gasteiger partial charge in [-0.15, -0.1) is 0 Å². The minimum atomic E-state index is -0.404. The number of aromatic nitrogens is 1. The lowest BCUT2D eigenvalue weighted by atomic mass is 10.2. The number of rotatable bonds is 5. The normalized spacial score (nSPS) is 11.7. The van der Waals surface area contributed by atoms with Crippen LogP contribution < -0.4 is 10.6 Å². The highest BCUT2D eigenvalue weighted by Gasteiger charge is 2.14. The molecule has 1 atom stereocenters. The number of hydrogen-bond donors (Lipinski definition) is 2. The summed E-state index contributed by atoms with van der Waals surface area (Å²) in [5.41, 5.74) is 0.882. The highest BCUT2D eigenvalue weighted by molar-refractivity contribution is 6.44. The van der Waals surface area contributed by atoms with Gasteiger partial charge in [-0.05, 0) is 37.6 Å². The molecule has 2 rings (SSSR count). The second kappa shape index (κ2) is 8.13. The van der Waals surface area contributed by atoms with E-state index in [0.717, 1.165) is 6.42 Å². The zero-order valence-corrected chi connectivity index (χ0v) is 14.8. The van der Waals surface area contributed by atoms with Gasteiger partial charge in [-0.3, -0.25) is 14.6 Å². The first-order chi connectivity index (χ1) is 11.4. The van der Waals surface area contributed by atoms with Crippen molar-refractivity contribution >= 4 is 40.7 Å². The lowest BCUT2D eigenvalue weighted by molar-refractivity contribution is 0.0934. The Hall–Kier alpha value is -2.11. The Kier molecular flexibility index (Phi) is 6.17. The van der Waals surface area contributed by atoms with Crippen molar-refractivity contribution in [2.24, 2.45) is 0 Å². The molecule has 1 unspecified atom stereocenters. The van der Waals surface area contributed by atoms with Gasteiger partial charge in [0.1, 0.15) is 5.69 Å². The molecule has 0 aliphatic rings. The second-order valence-corrected chi connectivity index (χ2v) is 6.05. The highest BCUT2D eigenvalue weighted by Crippen LogP contribution is 2.29. The lowest BCUT2D eigenvalue weighted by Gasteiger charge is -2.12. The Morgan fingerprint density at radius 2 is 1.96 bits per heavy atom. The third kappa shape index (κ3) is 4.46. The summed E-state index contributed by atoms with van der Waals surface area (Å²) in [5.74, 6) is -0.723. The van der Waals surface area contributed by atoms with Crippen LogP contribution in [0.15, 0.2) is 36.5 Å². The molecule has 1 aromatic carbocycles. The van der Waals surface area contributed by atoms with Gasteiger partial charge in [0.15, 0.2) is 0 Å². The molecule has 5 nitrogen and oxygen atoms in total. The molecule has 2 aromatic rings. The molecule has 0 fully saturated rings. The Balaban J connectivity index is 2.17. The van der Waals surface area contributed by atoms with E-state index in [0.29, 0.717) is 16.3 Å². The molecule has 1 aromatic heterocycles. The van der Waals surface area contributed by atoms with Crippen LogP contribution >= 0.6 is 23.2 Å². The maximum atomic E-state index is 12.4. The molecule has 0 saturated carbocycles. The number of hydrogen-bond acceptors (Lipinski definition) is 3. The molecule has 0 saturated heterocycles. The fourth-order valence-corrected chi connectivity index (χ4v) is 2.24. The van der Waals surface area contributed by atoms with Crippen LogP contribution in [0.4, 0.5) is 5.69 Å². The number of nitrogens with zero attached hydrogens (tertiary/aromatic N) is 1. The van der Waals surface area contributed by atoms with Crippen LogP contribution in [-0.2, 0) is 0 Å². The summed E-state index contributed by atoms with van der Waals surface area (Å²) >= 11 is 12.0. The fourth-order valence-electron chi connectivity index (χ4n) is 1.89. The number of amides is 2. The minimum absolute atomic E-state index is 0.0297. The first-order valence-electron chi connectivity index (χ1n) is 7.44. The van der Waals surface area contributed by atoms with E-state index in [-0.39, 0.29) is 22.7 Å². The van der Waals surface area contributed by atoms with Crippen molar-refractivity contribution in [3.8, 4) is 0 Å². The third-order valence-electron chi connectivity index (χ3n) is 3.44. The van der Waals surface area contributed by atoms with Crippen LogP contribution in [0.2, 0.25) is 10.0 Å². The zero-order valence-electron chi connectivity index (χ0n) is 13.3. The van der Waals surface area contributed by atoms with Crippen LogP contribution in [0.3, 0.4) is 0 Å². The molecule has 0 spiro atoms. The molecular formula is C17H17Cl2N3O2. The van der Waals surface area contributed by atoms with Crippen molar-refractivity contribution in [1.82, 2.24) is 10.3 Å². The Bertz CT molecular complexity index is 765. The summed E-state index contributed by atoms with van der Waals surface area (Å²) in [6, 6.07) is 7.94. The van der Waals surface area contributed by atoms with Gasteiger partial charge >= 0.3 is 0 Å². The average molecular weight is 366 g/mol. The van der Waals surface area contributed by atoms with Crippen LogP contribution in [0.1, 0.15) is 41.1 Å². The van der Waals surface area contributed by atoms with Crippen molar-refractivity contribution in [2.75, 3.05) is 5.32 Å². The molecule has 0 radical (unpaired) electrons. The monoisotopic (exact) mass is 365 g/mol. The molecule has 2 amide bonds. The number of carbonyl (C=O) groups is 2. The maximum absolute atomic E-state index is 12.4. The standard InChI is InChI=1S/C17H17Cl2N3O2/c1-3-10(2)21-17(24)14-9-11(7-8-20-14)16(23)22-13-6-4-5-12(18)15(13)19/h4-10H,3H2,1-2H3,(H,21,24)(H,22,23). The summed E-state index contributed by atoms with van der Waals surface area (Å²) < 4.78 is 0. The lowest BCUT2D eigenvalue weighted by Crippen LogP contribution is -2.32. The van der Waals surface area contributed by atoms with Gasteiger partial charge in [0.05, 0.1) is 15.7 Å². The first kappa shape index (κ1) is 18.2. The molecule has 126 valence electrons. The zero-order chi connectivity index (χ0) is 17.7. The Labute approximate surface area is 150 Å². The van der Waals surface area contributed by atoms with E-state index < -0.39 is 5.91 Å². The van der Waals surface area contributed by atoms with E-state index >= 15 is 0 Å². The summed E-state index contributed by atoms with van der Waals surface area (Å²) in [6.45, 7) is 3.87. The summed E-state index contributed by atoms with van der Waals surface area (Å²) in [7, 11) is 0. The molecule has 2 N–H and O–H groups in total. The van der Waals surface area contributed by atoms with E-state index in [1.165, 1.54) is 18.3 Å². The summed E-state index contributed by atoms with van der Waals surface area (Å²) in [5, 5.41) is 6.08. The van der Waals surface area contributed by atoms with Gasteiger partial charge < -0.3 is 10.6 Å². The smallest absolute Gasteiger partial charge is 0.270 e. The van der Waals surface area contributed by atoms with Crippen molar-refractivity contribution in [2.45, 2.75) is 26.3 Å². The van der Waals surface area contributed by atoms with Crippen LogP contribution in [0, 0.1) is 0 Å². The first-order valence-corrected chi connectivity index (χ1v) is 8.20. The van der Waals surface area contributed by atoms with Crippen LogP contribution in [0.5, 0.6) is 0 Å². The van der Waals surface area contributed by atoms with Gasteiger partial charge in [-0.25, -0.2) is 0 Å². The molecule has 7 heteroatoms. The van der Waals surface area contributed by atoms with E-state index in [1.807, 2.05) is 13.8 Å². The van der Waals surface area contributed by atoms with Crippen molar-refractivity contribution < 1.29 is 9.59 Å². The Morgan fingerprint density at radius 3 is 2.67 bits per heavy atom. The second-order valence-electron chi connectivity index (χ2n) is 5.27. The number of halogens is 2. The van der Waals surface area contributed by atoms with E-state index in [4.69, 9.17) is 23.2 Å². The average Bonchev–Trinajstić information content (AvgIpc) is 2.58. The maximum Gasteiger partial charge on any atom is 0.270 e. The summed E-state index contributed by atoms with van der Waals surface area (Å²) in [6.07, 6.45) is 2.22. The summed E-state index contributed by atoms with van der Waals surface area (Å²) in [4.78, 5) is 28.5. The molecule has 0 bridgehead atoms. The molecule has 0 aliphatic carbocycles.